The summed E-state index contributed by atoms with van der Waals surface area (Å²) in [5, 5.41) is 15.6. The van der Waals surface area contributed by atoms with Crippen molar-refractivity contribution in [1.82, 2.24) is 14.5 Å². The second kappa shape index (κ2) is 6.03. The molecule has 0 amide bonds. The molecule has 2 N–H and O–H groups in total. The molecule has 2 aromatic carbocycles. The van der Waals surface area contributed by atoms with Crippen molar-refractivity contribution >= 4 is 16.6 Å². The van der Waals surface area contributed by atoms with Gasteiger partial charge in [0, 0.05) is 23.5 Å². The second-order valence-corrected chi connectivity index (χ2v) is 6.50. The number of hydrogen-bond acceptors (Lipinski definition) is 5. The second-order valence-electron chi connectivity index (χ2n) is 6.50. The summed E-state index contributed by atoms with van der Waals surface area (Å²) in [5.74, 6) is 0.588. The normalized spacial score (nSPS) is 15.5. The molecule has 6 nitrogen and oxygen atoms in total. The van der Waals surface area contributed by atoms with E-state index in [-0.39, 0.29) is 6.54 Å². The number of anilines is 1. The van der Waals surface area contributed by atoms with E-state index in [1.807, 2.05) is 30.3 Å². The van der Waals surface area contributed by atoms with Gasteiger partial charge in [-0.25, -0.2) is 9.36 Å². The van der Waals surface area contributed by atoms with Crippen LogP contribution in [0, 0.1) is 0 Å². The Labute approximate surface area is 154 Å². The van der Waals surface area contributed by atoms with Crippen LogP contribution in [0.4, 0.5) is 5.82 Å². The first-order valence-corrected chi connectivity index (χ1v) is 8.70. The van der Waals surface area contributed by atoms with Crippen LogP contribution in [0.15, 0.2) is 71.8 Å². The van der Waals surface area contributed by atoms with Gasteiger partial charge in [-0.2, -0.15) is 4.98 Å². The number of aliphatic hydroxyl groups is 1. The Hall–Kier alpha value is -3.51. The van der Waals surface area contributed by atoms with Crippen LogP contribution in [0.1, 0.15) is 6.23 Å². The summed E-state index contributed by atoms with van der Waals surface area (Å²) in [5.41, 5.74) is 2.63. The van der Waals surface area contributed by atoms with E-state index in [2.05, 4.69) is 39.6 Å². The molecule has 1 aliphatic rings. The first kappa shape index (κ1) is 15.7. The van der Waals surface area contributed by atoms with Crippen LogP contribution in [-0.4, -0.2) is 26.2 Å². The Morgan fingerprint density at radius 3 is 2.59 bits per heavy atom. The summed E-state index contributed by atoms with van der Waals surface area (Å²) in [6.45, 7) is 0.275. The Morgan fingerprint density at radius 2 is 1.78 bits per heavy atom. The maximum Gasteiger partial charge on any atom is 0.351 e. The highest BCUT2D eigenvalue weighted by Crippen LogP contribution is 2.39. The van der Waals surface area contributed by atoms with Crippen molar-refractivity contribution in [2.24, 2.45) is 0 Å². The first-order chi connectivity index (χ1) is 13.2. The number of hydrogen-bond donors (Lipinski definition) is 2. The lowest BCUT2D eigenvalue weighted by molar-refractivity contribution is 0.127. The molecular formula is C21H16N4O2. The molecule has 2 aromatic heterocycles. The number of benzene rings is 2. The fourth-order valence-corrected chi connectivity index (χ4v) is 3.60. The molecule has 1 aliphatic heterocycles. The van der Waals surface area contributed by atoms with Gasteiger partial charge in [0.05, 0.1) is 12.2 Å². The largest absolute Gasteiger partial charge is 0.371 e. The number of aromatic nitrogens is 3. The van der Waals surface area contributed by atoms with Gasteiger partial charge in [0.2, 0.25) is 0 Å². The minimum absolute atomic E-state index is 0.275. The molecule has 1 unspecified atom stereocenters. The van der Waals surface area contributed by atoms with Crippen LogP contribution < -0.4 is 11.0 Å². The summed E-state index contributed by atoms with van der Waals surface area (Å²) < 4.78 is 1.31. The molecule has 0 aliphatic carbocycles. The van der Waals surface area contributed by atoms with Crippen molar-refractivity contribution in [1.29, 1.82) is 0 Å². The lowest BCUT2D eigenvalue weighted by atomic mass is 9.97. The molecule has 1 atom stereocenters. The Balaban J connectivity index is 1.85. The lowest BCUT2D eigenvalue weighted by Gasteiger charge is -2.15. The van der Waals surface area contributed by atoms with E-state index < -0.39 is 11.9 Å². The molecule has 4 aromatic rings. The fraction of sp³-hybridized carbons (Fsp3) is 0.0952. The highest BCUT2D eigenvalue weighted by atomic mass is 16.3. The van der Waals surface area contributed by atoms with Gasteiger partial charge in [0.1, 0.15) is 5.82 Å². The molecule has 0 saturated heterocycles. The number of aliphatic hydroxyl groups excluding tert-OH is 1. The van der Waals surface area contributed by atoms with Crippen molar-refractivity contribution in [2.75, 3.05) is 11.9 Å². The van der Waals surface area contributed by atoms with Crippen LogP contribution in [0.25, 0.3) is 33.2 Å². The lowest BCUT2D eigenvalue weighted by Crippen LogP contribution is -2.25. The summed E-state index contributed by atoms with van der Waals surface area (Å²) in [6.07, 6.45) is 2.42. The van der Waals surface area contributed by atoms with Gasteiger partial charge in [-0.05, 0) is 34.5 Å². The Bertz CT molecular complexity index is 1220. The van der Waals surface area contributed by atoms with Crippen LogP contribution in [0.5, 0.6) is 0 Å². The smallest absolute Gasteiger partial charge is 0.351 e. The number of rotatable bonds is 2. The third-order valence-electron chi connectivity index (χ3n) is 4.87. The third kappa shape index (κ3) is 2.50. The van der Waals surface area contributed by atoms with Gasteiger partial charge >= 0.3 is 5.69 Å². The predicted octanol–water partition coefficient (Wildman–Crippen LogP) is 3.04. The number of nitrogens with one attached hydrogen (secondary N) is 1. The third-order valence-corrected chi connectivity index (χ3v) is 4.87. The van der Waals surface area contributed by atoms with E-state index in [0.29, 0.717) is 11.5 Å². The van der Waals surface area contributed by atoms with E-state index in [0.717, 1.165) is 27.5 Å². The summed E-state index contributed by atoms with van der Waals surface area (Å²) in [7, 11) is 0. The fourth-order valence-electron chi connectivity index (χ4n) is 3.60. The van der Waals surface area contributed by atoms with Gasteiger partial charge in [-0.3, -0.25) is 4.98 Å². The maximum atomic E-state index is 12.5. The van der Waals surface area contributed by atoms with Gasteiger partial charge in [0.15, 0.2) is 6.23 Å². The predicted molar refractivity (Wildman–Crippen MR) is 104 cm³/mol. The molecule has 0 radical (unpaired) electrons. The monoisotopic (exact) mass is 356 g/mol. The van der Waals surface area contributed by atoms with Crippen LogP contribution in [-0.2, 0) is 0 Å². The molecule has 27 heavy (non-hydrogen) atoms. The number of nitrogens with zero attached hydrogens (tertiary/aromatic N) is 3. The van der Waals surface area contributed by atoms with Gasteiger partial charge < -0.3 is 10.4 Å². The molecule has 0 saturated carbocycles. The average Bonchev–Trinajstić information content (AvgIpc) is 3.10. The van der Waals surface area contributed by atoms with Crippen molar-refractivity contribution in [2.45, 2.75) is 6.23 Å². The number of β-amino-alcohol motifs (C(OH)–C–C–N with tert-alkyl or cyclic N) is 1. The zero-order chi connectivity index (χ0) is 18.4. The summed E-state index contributed by atoms with van der Waals surface area (Å²) in [6, 6.07) is 17.9. The molecule has 132 valence electrons. The van der Waals surface area contributed by atoms with Gasteiger partial charge in [-0.1, -0.05) is 36.4 Å². The molecule has 0 spiro atoms. The molecule has 0 bridgehead atoms. The van der Waals surface area contributed by atoms with E-state index in [1.54, 1.807) is 12.4 Å². The molecule has 3 heterocycles. The van der Waals surface area contributed by atoms with E-state index in [9.17, 15) is 9.90 Å². The zero-order valence-corrected chi connectivity index (χ0v) is 14.3. The van der Waals surface area contributed by atoms with Crippen molar-refractivity contribution in [3.63, 3.8) is 0 Å². The average molecular weight is 356 g/mol. The number of fused-ring (bicyclic) bond motifs is 2. The van der Waals surface area contributed by atoms with Crippen LogP contribution in [0.3, 0.4) is 0 Å². The van der Waals surface area contributed by atoms with E-state index in [4.69, 9.17) is 0 Å². The first-order valence-electron chi connectivity index (χ1n) is 8.70. The number of pyridine rings is 1. The quantitative estimate of drug-likeness (QED) is 0.577. The van der Waals surface area contributed by atoms with Crippen molar-refractivity contribution in [3.8, 4) is 22.4 Å². The van der Waals surface area contributed by atoms with Crippen molar-refractivity contribution in [3.05, 3.63) is 77.5 Å². The van der Waals surface area contributed by atoms with Gasteiger partial charge in [0.25, 0.3) is 0 Å². The standard InChI is InChI=1S/C21H16N4O2/c26-17-12-23-20-18(16-6-5-13-3-1-2-4-15(13)11-16)19(24-21(27)25(17)20)14-7-9-22-10-8-14/h1-11,17,23,26H,12H2. The molecule has 6 heteroatoms. The van der Waals surface area contributed by atoms with Crippen molar-refractivity contribution < 1.29 is 5.11 Å². The molecule has 0 fully saturated rings. The highest BCUT2D eigenvalue weighted by molar-refractivity contribution is 5.94. The van der Waals surface area contributed by atoms with Crippen LogP contribution >= 0.6 is 0 Å². The van der Waals surface area contributed by atoms with Crippen LogP contribution in [0.2, 0.25) is 0 Å². The summed E-state index contributed by atoms with van der Waals surface area (Å²) in [4.78, 5) is 20.9. The summed E-state index contributed by atoms with van der Waals surface area (Å²) >= 11 is 0. The maximum absolute atomic E-state index is 12.5. The Kier molecular flexibility index (Phi) is 3.51. The minimum Gasteiger partial charge on any atom is -0.371 e. The SMILES string of the molecule is O=c1nc(-c2ccncc2)c(-c2ccc3ccccc3c2)c2n1C(O)CN2. The highest BCUT2D eigenvalue weighted by Gasteiger charge is 2.28. The molecular weight excluding hydrogens is 340 g/mol. The zero-order valence-electron chi connectivity index (χ0n) is 14.3. The van der Waals surface area contributed by atoms with E-state index >= 15 is 0 Å². The minimum atomic E-state index is -0.925. The topological polar surface area (TPSA) is 80.0 Å². The Morgan fingerprint density at radius 1 is 1.00 bits per heavy atom. The van der Waals surface area contributed by atoms with E-state index in [1.165, 1.54) is 4.57 Å². The molecule has 5 rings (SSSR count). The van der Waals surface area contributed by atoms with Gasteiger partial charge in [-0.15, -0.1) is 0 Å².